The monoisotopic (exact) mass is 553 g/mol. The summed E-state index contributed by atoms with van der Waals surface area (Å²) in [7, 11) is 0. The first kappa shape index (κ1) is 45.7. The lowest BCUT2D eigenvalue weighted by Crippen LogP contribution is -2.45. The van der Waals surface area contributed by atoms with Gasteiger partial charge in [-0.2, -0.15) is 0 Å². The van der Waals surface area contributed by atoms with Crippen LogP contribution >= 0.6 is 0 Å². The molecule has 0 heterocycles. The molecule has 5 saturated carbocycles. The number of hydrogen-bond donors (Lipinski definition) is 0. The number of allylic oxidation sites excluding steroid dienone is 2. The highest BCUT2D eigenvalue weighted by Gasteiger charge is 2.49. The van der Waals surface area contributed by atoms with Crippen molar-refractivity contribution in [2.45, 2.75) is 183 Å². The van der Waals surface area contributed by atoms with Crippen LogP contribution in [-0.2, 0) is 0 Å². The Morgan fingerprint density at radius 3 is 0.923 bits per heavy atom. The van der Waals surface area contributed by atoms with E-state index >= 15 is 0 Å². The van der Waals surface area contributed by atoms with Crippen LogP contribution in [0.25, 0.3) is 0 Å². The van der Waals surface area contributed by atoms with Gasteiger partial charge in [-0.3, -0.25) is 0 Å². The minimum Gasteiger partial charge on any atom is -0.0853 e. The van der Waals surface area contributed by atoms with Crippen LogP contribution < -0.4 is 0 Å². The molecule has 0 aliphatic heterocycles. The zero-order valence-electron chi connectivity index (χ0n) is 25.3. The molecule has 6 rings (SSSR count). The van der Waals surface area contributed by atoms with E-state index in [0.717, 1.165) is 58.7 Å². The van der Waals surface area contributed by atoms with Gasteiger partial charge in [-0.15, -0.1) is 0 Å². The van der Waals surface area contributed by atoms with Crippen LogP contribution in [0.5, 0.6) is 0 Å². The smallest absolute Gasteiger partial charge is 0.0287 e. The van der Waals surface area contributed by atoms with Crippen molar-refractivity contribution in [1.82, 2.24) is 0 Å². The van der Waals surface area contributed by atoms with Crippen molar-refractivity contribution in [2.75, 3.05) is 0 Å². The van der Waals surface area contributed by atoms with Crippen LogP contribution in [0.3, 0.4) is 0 Å². The zero-order valence-corrected chi connectivity index (χ0v) is 25.3. The minimum absolute atomic E-state index is 0. The molecule has 0 saturated heterocycles. The fraction of sp³-hybridized carbons (Fsp3) is 0.949. The van der Waals surface area contributed by atoms with Gasteiger partial charge in [0.2, 0.25) is 0 Å². The Kier molecular flexibility index (Phi) is 25.1. The Morgan fingerprint density at radius 2 is 0.821 bits per heavy atom. The standard InChI is InChI=1S/C9H16.C7H14.C7H12.C6H12.C5H10.5CH4/c1-7-3-9(4-7)5-8(2)6-9;2*1-6-3-4-7(2)5-6;1-5-3-6(2)4-5;1-4-3-5(4)2;;;;;/h7-8H,3-6H2,1-2H3;6-7H,3-5H2,1-2H3;3,7H,4-5H2,1-2H3;5-6H,3-4H2,1-2H3;4-5H,3H2,1-2H3;5*1H4. The Morgan fingerprint density at radius 1 is 0.487 bits per heavy atom. The predicted molar refractivity (Wildman–Crippen MR) is 188 cm³/mol. The lowest BCUT2D eigenvalue weighted by Gasteiger charge is -2.56. The van der Waals surface area contributed by atoms with Gasteiger partial charge in [-0.05, 0) is 130 Å². The van der Waals surface area contributed by atoms with Crippen molar-refractivity contribution in [1.29, 1.82) is 0 Å². The lowest BCUT2D eigenvalue weighted by atomic mass is 9.49. The largest absolute Gasteiger partial charge is 0.0853 e. The van der Waals surface area contributed by atoms with Crippen LogP contribution in [0, 0.1) is 58.7 Å². The second kappa shape index (κ2) is 21.4. The van der Waals surface area contributed by atoms with Crippen molar-refractivity contribution in [3.63, 3.8) is 0 Å². The van der Waals surface area contributed by atoms with E-state index in [1.807, 2.05) is 0 Å². The van der Waals surface area contributed by atoms with Crippen LogP contribution in [0.1, 0.15) is 183 Å². The van der Waals surface area contributed by atoms with Crippen LogP contribution in [0.2, 0.25) is 0 Å². The number of rotatable bonds is 0. The molecular weight excluding hydrogens is 468 g/mol. The van der Waals surface area contributed by atoms with Gasteiger partial charge >= 0.3 is 0 Å². The Bertz CT molecular complexity index is 542. The lowest BCUT2D eigenvalue weighted by molar-refractivity contribution is -0.0549. The Labute approximate surface area is 253 Å². The van der Waals surface area contributed by atoms with Crippen LogP contribution in [-0.4, -0.2) is 0 Å². The average Bonchev–Trinajstić information content (AvgIpc) is 2.99. The fourth-order valence-corrected chi connectivity index (χ4v) is 7.59. The van der Waals surface area contributed by atoms with E-state index in [2.05, 4.69) is 75.3 Å². The molecule has 0 amide bonds. The summed E-state index contributed by atoms with van der Waals surface area (Å²) < 4.78 is 0. The van der Waals surface area contributed by atoms with E-state index in [0.29, 0.717) is 0 Å². The molecule has 6 aliphatic rings. The summed E-state index contributed by atoms with van der Waals surface area (Å²) in [6.07, 6.45) is 20.0. The van der Waals surface area contributed by atoms with Gasteiger partial charge in [0, 0.05) is 0 Å². The van der Waals surface area contributed by atoms with Crippen molar-refractivity contribution in [3.8, 4) is 0 Å². The minimum atomic E-state index is 0. The maximum absolute atomic E-state index is 2.38. The quantitative estimate of drug-likeness (QED) is 0.262. The first-order valence-corrected chi connectivity index (χ1v) is 15.5. The Hall–Kier alpha value is -0.260. The van der Waals surface area contributed by atoms with Gasteiger partial charge in [0.25, 0.3) is 0 Å². The SMILES string of the molecule is C.C.C.C.C.CC1=CCC(C)C1.CC1CC(C)C1.CC1CC1C.CC1CC2(C1)CC(C)C2.CC1CCC(C)C1. The second-order valence-corrected chi connectivity index (χ2v) is 15.0. The van der Waals surface area contributed by atoms with Crippen LogP contribution in [0.15, 0.2) is 11.6 Å². The molecular formula is C39H84. The van der Waals surface area contributed by atoms with E-state index in [9.17, 15) is 0 Å². The molecule has 5 atom stereocenters. The number of hydrogen-bond acceptors (Lipinski definition) is 0. The van der Waals surface area contributed by atoms with Gasteiger partial charge in [-0.1, -0.05) is 124 Å². The predicted octanol–water partition coefficient (Wildman–Crippen LogP) is 14.5. The molecule has 0 radical (unpaired) electrons. The summed E-state index contributed by atoms with van der Waals surface area (Å²) in [5.41, 5.74) is 2.46. The highest BCUT2D eigenvalue weighted by Crippen LogP contribution is 2.60. The first-order valence-electron chi connectivity index (χ1n) is 15.5. The van der Waals surface area contributed by atoms with Gasteiger partial charge in [-0.25, -0.2) is 0 Å². The molecule has 39 heavy (non-hydrogen) atoms. The van der Waals surface area contributed by atoms with Gasteiger partial charge < -0.3 is 0 Å². The summed E-state index contributed by atoms with van der Waals surface area (Å²) in [4.78, 5) is 0. The maximum atomic E-state index is 2.38. The molecule has 0 aromatic carbocycles. The first-order chi connectivity index (χ1) is 15.9. The highest BCUT2D eigenvalue weighted by atomic mass is 14.5. The molecule has 0 nitrogen and oxygen atoms in total. The fourth-order valence-electron chi connectivity index (χ4n) is 7.59. The molecule has 240 valence electrons. The van der Waals surface area contributed by atoms with Gasteiger partial charge in [0.1, 0.15) is 0 Å². The molecule has 1 spiro atoms. The van der Waals surface area contributed by atoms with Crippen molar-refractivity contribution < 1.29 is 0 Å². The molecule has 0 aromatic heterocycles. The third-order valence-electron chi connectivity index (χ3n) is 9.74. The van der Waals surface area contributed by atoms with E-state index in [4.69, 9.17) is 0 Å². The van der Waals surface area contributed by atoms with E-state index in [1.54, 1.807) is 5.57 Å². The highest BCUT2D eigenvalue weighted by molar-refractivity contribution is 5.05. The van der Waals surface area contributed by atoms with Crippen LogP contribution in [0.4, 0.5) is 0 Å². The molecule has 0 aromatic rings. The molecule has 0 bridgehead atoms. The molecule has 0 heteroatoms. The maximum Gasteiger partial charge on any atom is -0.0287 e. The second-order valence-electron chi connectivity index (χ2n) is 15.0. The summed E-state index contributed by atoms with van der Waals surface area (Å²) in [5, 5.41) is 0. The topological polar surface area (TPSA) is 0 Å². The summed E-state index contributed by atoms with van der Waals surface area (Å²) >= 11 is 0. The molecule has 5 unspecified atom stereocenters. The zero-order chi connectivity index (χ0) is 25.5. The molecule has 6 aliphatic carbocycles. The molecule has 0 N–H and O–H groups in total. The third-order valence-corrected chi connectivity index (χ3v) is 9.74. The van der Waals surface area contributed by atoms with E-state index in [1.165, 1.54) is 77.0 Å². The Balaban J connectivity index is -0.000000192. The summed E-state index contributed by atoms with van der Waals surface area (Å²) in [6.45, 7) is 23.2. The normalized spacial score (nSPS) is 39.3. The molecule has 5 fully saturated rings. The van der Waals surface area contributed by atoms with Crippen molar-refractivity contribution in [3.05, 3.63) is 11.6 Å². The van der Waals surface area contributed by atoms with E-state index in [-0.39, 0.29) is 37.1 Å². The average molecular weight is 553 g/mol. The summed E-state index contributed by atoms with van der Waals surface area (Å²) in [5.74, 6) is 9.27. The van der Waals surface area contributed by atoms with Gasteiger partial charge in [0.05, 0.1) is 0 Å². The van der Waals surface area contributed by atoms with Crippen molar-refractivity contribution >= 4 is 0 Å². The third kappa shape index (κ3) is 18.0. The van der Waals surface area contributed by atoms with E-state index < -0.39 is 0 Å². The van der Waals surface area contributed by atoms with Crippen molar-refractivity contribution in [2.24, 2.45) is 58.7 Å². The summed E-state index contributed by atoms with van der Waals surface area (Å²) in [6, 6.07) is 0. The van der Waals surface area contributed by atoms with Gasteiger partial charge in [0.15, 0.2) is 0 Å².